The van der Waals surface area contributed by atoms with Crippen LogP contribution in [-0.4, -0.2) is 11.1 Å². The molecule has 2 heteroatoms. The summed E-state index contributed by atoms with van der Waals surface area (Å²) in [6.07, 6.45) is 21.8. The Hall–Kier alpha value is -0.0800. The molecular weight excluding hydrogens is 328 g/mol. The SMILES string of the molecule is CCCC1(N)CCCCC1(CCC)CC1(CCC)CCCCC1(N)CCC. The van der Waals surface area contributed by atoms with Crippen molar-refractivity contribution in [1.82, 2.24) is 0 Å². The van der Waals surface area contributed by atoms with Crippen LogP contribution in [0.4, 0.5) is 0 Å². The maximum atomic E-state index is 7.33. The van der Waals surface area contributed by atoms with E-state index in [-0.39, 0.29) is 11.1 Å². The van der Waals surface area contributed by atoms with Gasteiger partial charge < -0.3 is 11.5 Å². The van der Waals surface area contributed by atoms with E-state index < -0.39 is 0 Å². The second-order valence-corrected chi connectivity index (χ2v) is 10.5. The average molecular weight is 379 g/mol. The maximum Gasteiger partial charge on any atom is 0.0211 e. The van der Waals surface area contributed by atoms with Gasteiger partial charge in [0.15, 0.2) is 0 Å². The summed E-state index contributed by atoms with van der Waals surface area (Å²) in [6.45, 7) is 9.40. The summed E-state index contributed by atoms with van der Waals surface area (Å²) in [4.78, 5) is 0. The number of hydrogen-bond acceptors (Lipinski definition) is 2. The summed E-state index contributed by atoms with van der Waals surface area (Å²) >= 11 is 0. The number of hydrogen-bond donors (Lipinski definition) is 2. The first kappa shape index (κ1) is 23.2. The minimum Gasteiger partial charge on any atom is -0.325 e. The zero-order valence-corrected chi connectivity index (χ0v) is 19.2. The van der Waals surface area contributed by atoms with E-state index in [1.165, 1.54) is 109 Å². The third-order valence-electron chi connectivity index (χ3n) is 8.69. The van der Waals surface area contributed by atoms with E-state index in [0.29, 0.717) is 10.8 Å². The predicted octanol–water partition coefficient (Wildman–Crippen LogP) is 7.09. The summed E-state index contributed by atoms with van der Waals surface area (Å²) in [6, 6.07) is 0. The molecule has 0 aromatic carbocycles. The topological polar surface area (TPSA) is 52.0 Å². The van der Waals surface area contributed by atoms with Crippen molar-refractivity contribution in [3.8, 4) is 0 Å². The Morgan fingerprint density at radius 2 is 0.852 bits per heavy atom. The molecule has 2 saturated carbocycles. The molecule has 2 rings (SSSR count). The van der Waals surface area contributed by atoms with Gasteiger partial charge in [-0.1, -0.05) is 79.1 Å². The molecule has 2 fully saturated rings. The minimum absolute atomic E-state index is 0.0291. The Bertz CT molecular complexity index is 394. The Morgan fingerprint density at radius 3 is 1.19 bits per heavy atom. The van der Waals surface area contributed by atoms with Crippen molar-refractivity contribution in [3.05, 3.63) is 0 Å². The van der Waals surface area contributed by atoms with Gasteiger partial charge in [0.1, 0.15) is 0 Å². The van der Waals surface area contributed by atoms with Gasteiger partial charge in [-0.05, 0) is 68.6 Å². The molecule has 0 radical (unpaired) electrons. The molecule has 0 aromatic heterocycles. The molecule has 0 spiro atoms. The molecule has 0 heterocycles. The van der Waals surface area contributed by atoms with Crippen molar-refractivity contribution < 1.29 is 0 Å². The van der Waals surface area contributed by atoms with E-state index in [1.54, 1.807) is 0 Å². The number of nitrogens with two attached hydrogens (primary N) is 2. The molecule has 0 aliphatic heterocycles. The molecule has 0 bridgehead atoms. The number of rotatable bonds is 10. The molecule has 0 amide bonds. The first-order chi connectivity index (χ1) is 12.9. The Morgan fingerprint density at radius 1 is 0.519 bits per heavy atom. The summed E-state index contributed by atoms with van der Waals surface area (Å²) < 4.78 is 0. The van der Waals surface area contributed by atoms with Crippen molar-refractivity contribution in [2.75, 3.05) is 0 Å². The largest absolute Gasteiger partial charge is 0.325 e. The van der Waals surface area contributed by atoms with Crippen molar-refractivity contribution in [3.63, 3.8) is 0 Å². The summed E-state index contributed by atoms with van der Waals surface area (Å²) in [5, 5.41) is 0. The van der Waals surface area contributed by atoms with Crippen molar-refractivity contribution in [1.29, 1.82) is 0 Å². The highest BCUT2D eigenvalue weighted by atomic mass is 14.9. The quantitative estimate of drug-likeness (QED) is 0.426. The van der Waals surface area contributed by atoms with Gasteiger partial charge in [0.25, 0.3) is 0 Å². The van der Waals surface area contributed by atoms with E-state index in [9.17, 15) is 0 Å². The van der Waals surface area contributed by atoms with Gasteiger partial charge in [0.05, 0.1) is 0 Å². The summed E-state index contributed by atoms with van der Waals surface area (Å²) in [5.74, 6) is 0. The summed E-state index contributed by atoms with van der Waals surface area (Å²) in [5.41, 5.74) is 15.3. The fourth-order valence-electron chi connectivity index (χ4n) is 7.57. The predicted molar refractivity (Wildman–Crippen MR) is 120 cm³/mol. The molecule has 0 aromatic rings. The molecule has 27 heavy (non-hydrogen) atoms. The van der Waals surface area contributed by atoms with Gasteiger partial charge >= 0.3 is 0 Å². The van der Waals surface area contributed by atoms with E-state index in [4.69, 9.17) is 11.5 Å². The van der Waals surface area contributed by atoms with Crippen LogP contribution < -0.4 is 11.5 Å². The lowest BCUT2D eigenvalue weighted by molar-refractivity contribution is -0.0627. The highest BCUT2D eigenvalue weighted by molar-refractivity contribution is 5.13. The smallest absolute Gasteiger partial charge is 0.0211 e. The third-order valence-corrected chi connectivity index (χ3v) is 8.69. The van der Waals surface area contributed by atoms with Gasteiger partial charge in [-0.15, -0.1) is 0 Å². The first-order valence-electron chi connectivity index (χ1n) is 12.4. The fourth-order valence-corrected chi connectivity index (χ4v) is 7.57. The standard InChI is InChI=1S/C25H50N2/c1-5-13-22(17-9-11-19-24(22,26)15-7-3)21-23(14-6-2)18-10-12-20-25(23,27)16-8-4/h5-21,26-27H2,1-4H3. The minimum atomic E-state index is 0.0291. The third kappa shape index (κ3) is 4.42. The van der Waals surface area contributed by atoms with E-state index in [2.05, 4.69) is 27.7 Å². The van der Waals surface area contributed by atoms with Crippen molar-refractivity contribution in [2.24, 2.45) is 22.3 Å². The van der Waals surface area contributed by atoms with Gasteiger partial charge in [0, 0.05) is 11.1 Å². The maximum absolute atomic E-state index is 7.33. The van der Waals surface area contributed by atoms with Crippen molar-refractivity contribution in [2.45, 2.75) is 148 Å². The van der Waals surface area contributed by atoms with Gasteiger partial charge in [0.2, 0.25) is 0 Å². The zero-order valence-electron chi connectivity index (χ0n) is 19.2. The van der Waals surface area contributed by atoms with Gasteiger partial charge in [-0.25, -0.2) is 0 Å². The van der Waals surface area contributed by atoms with Crippen LogP contribution in [0, 0.1) is 10.8 Å². The molecular formula is C25H50N2. The van der Waals surface area contributed by atoms with Crippen molar-refractivity contribution >= 4 is 0 Å². The van der Waals surface area contributed by atoms with Crippen LogP contribution in [0.15, 0.2) is 0 Å². The highest BCUT2D eigenvalue weighted by Gasteiger charge is 2.57. The summed E-state index contributed by atoms with van der Waals surface area (Å²) in [7, 11) is 0. The molecule has 4 atom stereocenters. The molecule has 160 valence electrons. The molecule has 0 saturated heterocycles. The van der Waals surface area contributed by atoms with E-state index >= 15 is 0 Å². The van der Waals surface area contributed by atoms with E-state index in [0.717, 1.165) is 0 Å². The van der Waals surface area contributed by atoms with Crippen LogP contribution >= 0.6 is 0 Å². The average Bonchev–Trinajstić information content (AvgIpc) is 2.61. The fraction of sp³-hybridized carbons (Fsp3) is 1.00. The van der Waals surface area contributed by atoms with Crippen LogP contribution in [0.25, 0.3) is 0 Å². The molecule has 2 aliphatic rings. The monoisotopic (exact) mass is 378 g/mol. The molecule has 4 unspecified atom stereocenters. The molecule has 2 aliphatic carbocycles. The van der Waals surface area contributed by atoms with Crippen LogP contribution in [-0.2, 0) is 0 Å². The lowest BCUT2D eigenvalue weighted by atomic mass is 9.47. The van der Waals surface area contributed by atoms with Gasteiger partial charge in [-0.3, -0.25) is 0 Å². The first-order valence-corrected chi connectivity index (χ1v) is 12.4. The molecule has 4 N–H and O–H groups in total. The van der Waals surface area contributed by atoms with Crippen LogP contribution in [0.2, 0.25) is 0 Å². The van der Waals surface area contributed by atoms with Gasteiger partial charge in [-0.2, -0.15) is 0 Å². The molecule has 2 nitrogen and oxygen atoms in total. The Balaban J connectivity index is 2.47. The lowest BCUT2D eigenvalue weighted by Gasteiger charge is -2.61. The van der Waals surface area contributed by atoms with Crippen LogP contribution in [0.5, 0.6) is 0 Å². The second-order valence-electron chi connectivity index (χ2n) is 10.5. The lowest BCUT2D eigenvalue weighted by Crippen LogP contribution is -2.64. The second kappa shape index (κ2) is 9.61. The zero-order chi connectivity index (χ0) is 20.0. The Labute approximate surface area is 170 Å². The van der Waals surface area contributed by atoms with Crippen LogP contribution in [0.1, 0.15) is 137 Å². The normalized spacial score (nSPS) is 40.2. The van der Waals surface area contributed by atoms with E-state index in [1.807, 2.05) is 0 Å². The van der Waals surface area contributed by atoms with Crippen LogP contribution in [0.3, 0.4) is 0 Å². The Kier molecular flexibility index (Phi) is 8.26. The highest BCUT2D eigenvalue weighted by Crippen LogP contribution is 2.61.